The van der Waals surface area contributed by atoms with Crippen molar-refractivity contribution in [3.05, 3.63) is 71.4 Å². The predicted molar refractivity (Wildman–Crippen MR) is 112 cm³/mol. The number of carboxylic acid groups (broad SMARTS) is 1. The van der Waals surface area contributed by atoms with Crippen LogP contribution >= 0.6 is 0 Å². The van der Waals surface area contributed by atoms with Gasteiger partial charge in [0.05, 0.1) is 19.4 Å². The van der Waals surface area contributed by atoms with Crippen molar-refractivity contribution >= 4 is 29.1 Å². The number of aliphatic carboxylic acids is 1. The summed E-state index contributed by atoms with van der Waals surface area (Å²) in [7, 11) is 1.67. The number of fused-ring (bicyclic) bond motifs is 1. The standard InChI is InChI=1S/C19H17N5O.C2H4O2/c1-25-15-4-2-3-12(9-15)18-16-10-14(6-5-13(16)11-22-18)23-17-7-8-21-19(20)24-17;1-2(3)4/h2-10H,11H2,1H3,(H3,20,21,23,24);1H3,(H,3,4). The Kier molecular flexibility index (Phi) is 6.03. The van der Waals surface area contributed by atoms with Crippen LogP contribution in [-0.2, 0) is 11.3 Å². The Morgan fingerprint density at radius 1 is 1.21 bits per heavy atom. The molecule has 0 aliphatic carbocycles. The summed E-state index contributed by atoms with van der Waals surface area (Å²) in [5.74, 6) is 0.884. The molecule has 1 aliphatic rings. The first-order valence-electron chi connectivity index (χ1n) is 8.83. The minimum absolute atomic E-state index is 0.241. The first-order chi connectivity index (χ1) is 14.0. The molecule has 4 rings (SSSR count). The van der Waals surface area contributed by atoms with Gasteiger partial charge in [0.2, 0.25) is 5.95 Å². The molecule has 4 N–H and O–H groups in total. The molecule has 2 heterocycles. The van der Waals surface area contributed by atoms with E-state index in [0.29, 0.717) is 12.4 Å². The van der Waals surface area contributed by atoms with Gasteiger partial charge in [-0.25, -0.2) is 4.98 Å². The summed E-state index contributed by atoms with van der Waals surface area (Å²) >= 11 is 0. The largest absolute Gasteiger partial charge is 0.497 e. The Hall–Kier alpha value is -3.94. The molecule has 1 aromatic heterocycles. The summed E-state index contributed by atoms with van der Waals surface area (Å²) in [6.45, 7) is 1.77. The van der Waals surface area contributed by atoms with Crippen LogP contribution in [0.2, 0.25) is 0 Å². The normalized spacial score (nSPS) is 11.6. The van der Waals surface area contributed by atoms with Gasteiger partial charge in [-0.05, 0) is 35.9 Å². The van der Waals surface area contributed by atoms with E-state index in [-0.39, 0.29) is 5.95 Å². The minimum Gasteiger partial charge on any atom is -0.497 e. The van der Waals surface area contributed by atoms with E-state index >= 15 is 0 Å². The SMILES string of the molecule is CC(=O)O.COc1cccc(C2=NCc3ccc(Nc4ccnc(N)n4)cc32)c1. The van der Waals surface area contributed by atoms with Gasteiger partial charge in [-0.15, -0.1) is 0 Å². The van der Waals surface area contributed by atoms with E-state index in [1.165, 1.54) is 5.56 Å². The Labute approximate surface area is 168 Å². The van der Waals surface area contributed by atoms with Crippen LogP contribution in [0.5, 0.6) is 5.75 Å². The van der Waals surface area contributed by atoms with E-state index < -0.39 is 5.97 Å². The molecule has 0 unspecified atom stereocenters. The number of nitrogens with two attached hydrogens (primary N) is 1. The number of rotatable bonds is 4. The number of carboxylic acids is 1. The molecule has 29 heavy (non-hydrogen) atoms. The number of benzene rings is 2. The van der Waals surface area contributed by atoms with Crippen molar-refractivity contribution in [1.82, 2.24) is 9.97 Å². The molecule has 148 valence electrons. The zero-order valence-corrected chi connectivity index (χ0v) is 16.1. The molecule has 0 fully saturated rings. The number of ether oxygens (including phenoxy) is 1. The van der Waals surface area contributed by atoms with Crippen LogP contribution < -0.4 is 15.8 Å². The number of nitrogens with one attached hydrogen (secondary N) is 1. The van der Waals surface area contributed by atoms with E-state index in [1.54, 1.807) is 19.4 Å². The molecule has 0 atom stereocenters. The van der Waals surface area contributed by atoms with Gasteiger partial charge in [0.1, 0.15) is 11.6 Å². The highest BCUT2D eigenvalue weighted by molar-refractivity contribution is 6.15. The monoisotopic (exact) mass is 391 g/mol. The van der Waals surface area contributed by atoms with Gasteiger partial charge in [-0.2, -0.15) is 4.98 Å². The molecular formula is C21H21N5O3. The van der Waals surface area contributed by atoms with Crippen molar-refractivity contribution in [2.75, 3.05) is 18.2 Å². The summed E-state index contributed by atoms with van der Waals surface area (Å²) < 4.78 is 5.32. The van der Waals surface area contributed by atoms with Gasteiger partial charge in [0.15, 0.2) is 0 Å². The second-order valence-electron chi connectivity index (χ2n) is 6.21. The maximum Gasteiger partial charge on any atom is 0.300 e. The van der Waals surface area contributed by atoms with Crippen molar-refractivity contribution < 1.29 is 14.6 Å². The maximum atomic E-state index is 9.00. The molecule has 0 radical (unpaired) electrons. The summed E-state index contributed by atoms with van der Waals surface area (Å²) in [6, 6.07) is 15.9. The number of hydrogen-bond acceptors (Lipinski definition) is 7. The van der Waals surface area contributed by atoms with Crippen LogP contribution in [0.4, 0.5) is 17.5 Å². The zero-order chi connectivity index (χ0) is 20.8. The third-order valence-electron chi connectivity index (χ3n) is 4.06. The summed E-state index contributed by atoms with van der Waals surface area (Å²) in [4.78, 5) is 21.8. The molecule has 0 saturated heterocycles. The van der Waals surface area contributed by atoms with Crippen LogP contribution in [0.25, 0.3) is 0 Å². The van der Waals surface area contributed by atoms with Crippen LogP contribution in [-0.4, -0.2) is 33.9 Å². The highest BCUT2D eigenvalue weighted by Crippen LogP contribution is 2.28. The number of carbonyl (C=O) groups is 1. The maximum absolute atomic E-state index is 9.00. The molecule has 0 saturated carbocycles. The molecule has 3 aromatic rings. The Balaban J connectivity index is 0.000000552. The summed E-state index contributed by atoms with van der Waals surface area (Å²) in [5, 5.41) is 10.7. The van der Waals surface area contributed by atoms with Crippen LogP contribution in [0.1, 0.15) is 23.6 Å². The van der Waals surface area contributed by atoms with Crippen molar-refractivity contribution in [3.63, 3.8) is 0 Å². The fraction of sp³-hybridized carbons (Fsp3) is 0.143. The Morgan fingerprint density at radius 2 is 2.00 bits per heavy atom. The van der Waals surface area contributed by atoms with Crippen LogP contribution in [0.15, 0.2) is 59.7 Å². The lowest BCUT2D eigenvalue weighted by Gasteiger charge is -2.10. The van der Waals surface area contributed by atoms with E-state index in [1.807, 2.05) is 30.3 Å². The molecule has 0 bridgehead atoms. The zero-order valence-electron chi connectivity index (χ0n) is 16.1. The third-order valence-corrected chi connectivity index (χ3v) is 4.06. The number of hydrogen-bond donors (Lipinski definition) is 3. The van der Waals surface area contributed by atoms with E-state index in [4.69, 9.17) is 25.4 Å². The average Bonchev–Trinajstić information content (AvgIpc) is 3.11. The predicted octanol–water partition coefficient (Wildman–Crippen LogP) is 3.25. The molecule has 8 nitrogen and oxygen atoms in total. The average molecular weight is 391 g/mol. The second-order valence-corrected chi connectivity index (χ2v) is 6.21. The first-order valence-corrected chi connectivity index (χ1v) is 8.83. The number of nitrogen functional groups attached to an aromatic ring is 1. The topological polar surface area (TPSA) is 123 Å². The molecular weight excluding hydrogens is 370 g/mol. The fourth-order valence-electron chi connectivity index (χ4n) is 2.87. The summed E-state index contributed by atoms with van der Waals surface area (Å²) in [6.07, 6.45) is 1.63. The molecule has 1 aliphatic heterocycles. The number of aliphatic imine (C=N–C) groups is 1. The van der Waals surface area contributed by atoms with Gasteiger partial charge in [-0.1, -0.05) is 18.2 Å². The quantitative estimate of drug-likeness (QED) is 0.624. The molecule has 0 spiro atoms. The van der Waals surface area contributed by atoms with Crippen molar-refractivity contribution in [2.45, 2.75) is 13.5 Å². The number of methoxy groups -OCH3 is 1. The van der Waals surface area contributed by atoms with Gasteiger partial charge in [0.25, 0.3) is 5.97 Å². The van der Waals surface area contributed by atoms with E-state index in [9.17, 15) is 0 Å². The lowest BCUT2D eigenvalue weighted by Crippen LogP contribution is -2.03. The molecule has 8 heteroatoms. The van der Waals surface area contributed by atoms with Gasteiger partial charge >= 0.3 is 0 Å². The second kappa shape index (κ2) is 8.83. The van der Waals surface area contributed by atoms with Crippen molar-refractivity contribution in [3.8, 4) is 5.75 Å². The summed E-state index contributed by atoms with van der Waals surface area (Å²) in [5.41, 5.74) is 10.9. The van der Waals surface area contributed by atoms with Crippen molar-refractivity contribution in [2.24, 2.45) is 4.99 Å². The Bertz CT molecular complexity index is 1060. The first kappa shape index (κ1) is 19.8. The smallest absolute Gasteiger partial charge is 0.300 e. The Morgan fingerprint density at radius 3 is 2.72 bits per heavy atom. The van der Waals surface area contributed by atoms with Gasteiger partial charge < -0.3 is 20.9 Å². The van der Waals surface area contributed by atoms with Crippen LogP contribution in [0, 0.1) is 0 Å². The molecule has 2 aromatic carbocycles. The van der Waals surface area contributed by atoms with E-state index in [2.05, 4.69) is 27.4 Å². The molecule has 0 amide bonds. The van der Waals surface area contributed by atoms with E-state index in [0.717, 1.165) is 35.2 Å². The number of aromatic nitrogens is 2. The van der Waals surface area contributed by atoms with Crippen LogP contribution in [0.3, 0.4) is 0 Å². The lowest BCUT2D eigenvalue weighted by atomic mass is 9.99. The third kappa shape index (κ3) is 5.07. The highest BCUT2D eigenvalue weighted by Gasteiger charge is 2.18. The van der Waals surface area contributed by atoms with Crippen molar-refractivity contribution in [1.29, 1.82) is 0 Å². The van der Waals surface area contributed by atoms with Gasteiger partial charge in [-0.3, -0.25) is 9.79 Å². The number of anilines is 3. The highest BCUT2D eigenvalue weighted by atomic mass is 16.5. The lowest BCUT2D eigenvalue weighted by molar-refractivity contribution is -0.134. The fourth-order valence-corrected chi connectivity index (χ4v) is 2.87. The number of nitrogens with zero attached hydrogens (tertiary/aromatic N) is 3. The minimum atomic E-state index is -0.833. The van der Waals surface area contributed by atoms with Gasteiger partial charge in [0, 0.05) is 29.9 Å².